The van der Waals surface area contributed by atoms with Crippen molar-refractivity contribution in [2.24, 2.45) is 0 Å². The number of fused-ring (bicyclic) bond motifs is 1. The summed E-state index contributed by atoms with van der Waals surface area (Å²) in [7, 11) is 2.15. The molecule has 0 radical (unpaired) electrons. The highest BCUT2D eigenvalue weighted by Gasteiger charge is 2.28. The number of piperidine rings is 1. The second kappa shape index (κ2) is 7.43. The van der Waals surface area contributed by atoms with Gasteiger partial charge in [0.1, 0.15) is 6.10 Å². The highest BCUT2D eigenvalue weighted by molar-refractivity contribution is 5.68. The van der Waals surface area contributed by atoms with Crippen LogP contribution in [0.4, 0.5) is 5.69 Å². The SMILES string of the molecule is CN1CCC[C@H](Oc2cc(NCc3ccccc3)c3ncc(C4CC4)n3n2)C1. The van der Waals surface area contributed by atoms with Crippen molar-refractivity contribution in [3.63, 3.8) is 0 Å². The molecule has 1 saturated carbocycles. The Labute approximate surface area is 165 Å². The van der Waals surface area contributed by atoms with Crippen LogP contribution in [-0.2, 0) is 6.54 Å². The Hall–Kier alpha value is -2.60. The molecule has 28 heavy (non-hydrogen) atoms. The standard InChI is InChI=1S/C22H27N5O/c1-26-11-5-8-18(15-26)28-21-12-19(23-13-16-6-3-2-4-7-16)22-24-14-20(17-9-10-17)27(22)25-21/h2-4,6-7,12,14,17-18,23H,5,8-11,13,15H2,1H3/t18-/m0/s1. The summed E-state index contributed by atoms with van der Waals surface area (Å²) in [5.74, 6) is 1.27. The zero-order valence-corrected chi connectivity index (χ0v) is 16.3. The molecule has 0 spiro atoms. The maximum Gasteiger partial charge on any atom is 0.234 e. The fourth-order valence-electron chi connectivity index (χ4n) is 3.99. The predicted octanol–water partition coefficient (Wildman–Crippen LogP) is 3.69. The lowest BCUT2D eigenvalue weighted by Crippen LogP contribution is -2.38. The Morgan fingerprint density at radius 1 is 1.18 bits per heavy atom. The summed E-state index contributed by atoms with van der Waals surface area (Å²) in [6.45, 7) is 2.84. The summed E-state index contributed by atoms with van der Waals surface area (Å²) in [5.41, 5.74) is 4.29. The van der Waals surface area contributed by atoms with Gasteiger partial charge in [0.25, 0.3) is 0 Å². The Kier molecular flexibility index (Phi) is 4.64. The summed E-state index contributed by atoms with van der Waals surface area (Å²) < 4.78 is 8.30. The molecule has 6 nitrogen and oxygen atoms in total. The minimum Gasteiger partial charge on any atom is -0.472 e. The van der Waals surface area contributed by atoms with Crippen molar-refractivity contribution in [1.82, 2.24) is 19.5 Å². The van der Waals surface area contributed by atoms with E-state index in [9.17, 15) is 0 Å². The van der Waals surface area contributed by atoms with Crippen molar-refractivity contribution in [1.29, 1.82) is 0 Å². The van der Waals surface area contributed by atoms with E-state index in [1.807, 2.05) is 22.8 Å². The van der Waals surface area contributed by atoms with Crippen LogP contribution in [0.3, 0.4) is 0 Å². The average Bonchev–Trinajstić information content (AvgIpc) is 3.46. The van der Waals surface area contributed by atoms with Gasteiger partial charge in [0, 0.05) is 25.1 Å². The van der Waals surface area contributed by atoms with Crippen molar-refractivity contribution in [3.8, 4) is 5.88 Å². The number of benzene rings is 1. The summed E-state index contributed by atoms with van der Waals surface area (Å²) in [5, 5.41) is 8.35. The van der Waals surface area contributed by atoms with Gasteiger partial charge in [-0.1, -0.05) is 30.3 Å². The molecule has 1 saturated heterocycles. The van der Waals surface area contributed by atoms with E-state index in [-0.39, 0.29) is 6.10 Å². The first-order valence-corrected chi connectivity index (χ1v) is 10.3. The number of nitrogens with zero attached hydrogens (tertiary/aromatic N) is 4. The first-order chi connectivity index (χ1) is 13.8. The van der Waals surface area contributed by atoms with Gasteiger partial charge in [-0.05, 0) is 44.8 Å². The summed E-state index contributed by atoms with van der Waals surface area (Å²) >= 11 is 0. The molecule has 2 fully saturated rings. The number of ether oxygens (including phenoxy) is 1. The average molecular weight is 377 g/mol. The molecule has 0 unspecified atom stereocenters. The molecule has 3 aromatic rings. The molecule has 2 aliphatic rings. The zero-order chi connectivity index (χ0) is 18.9. The smallest absolute Gasteiger partial charge is 0.234 e. The van der Waals surface area contributed by atoms with Gasteiger partial charge in [0.05, 0.1) is 17.6 Å². The number of likely N-dealkylation sites (N-methyl/N-ethyl adjacent to an activating group) is 1. The van der Waals surface area contributed by atoms with Gasteiger partial charge < -0.3 is 15.0 Å². The monoisotopic (exact) mass is 377 g/mol. The van der Waals surface area contributed by atoms with Crippen LogP contribution in [-0.4, -0.2) is 45.7 Å². The van der Waals surface area contributed by atoms with Crippen molar-refractivity contribution < 1.29 is 4.74 Å². The maximum atomic E-state index is 6.31. The van der Waals surface area contributed by atoms with Crippen LogP contribution in [0.25, 0.3) is 5.65 Å². The van der Waals surface area contributed by atoms with Crippen molar-refractivity contribution >= 4 is 11.3 Å². The quantitative estimate of drug-likeness (QED) is 0.710. The third kappa shape index (κ3) is 3.69. The summed E-state index contributed by atoms with van der Waals surface area (Å²) in [6.07, 6.45) is 6.86. The van der Waals surface area contributed by atoms with Crippen molar-refractivity contribution in [2.45, 2.75) is 44.2 Å². The lowest BCUT2D eigenvalue weighted by molar-refractivity contribution is 0.0988. The number of hydrogen-bond donors (Lipinski definition) is 1. The first-order valence-electron chi connectivity index (χ1n) is 10.3. The molecule has 3 heterocycles. The first kappa shape index (κ1) is 17.5. The van der Waals surface area contributed by atoms with Crippen LogP contribution in [0, 0.1) is 0 Å². The normalized spacial score (nSPS) is 20.4. The van der Waals surface area contributed by atoms with Crippen LogP contribution in [0.5, 0.6) is 5.88 Å². The molecule has 0 amide bonds. The van der Waals surface area contributed by atoms with E-state index in [4.69, 9.17) is 9.84 Å². The van der Waals surface area contributed by atoms with Crippen molar-refractivity contribution in [2.75, 3.05) is 25.5 Å². The van der Waals surface area contributed by atoms with Gasteiger partial charge in [-0.15, -0.1) is 5.10 Å². The second-order valence-electron chi connectivity index (χ2n) is 8.07. The molecular formula is C22H27N5O. The zero-order valence-electron chi connectivity index (χ0n) is 16.3. The van der Waals surface area contributed by atoms with E-state index in [1.54, 1.807) is 0 Å². The van der Waals surface area contributed by atoms with Crippen LogP contribution >= 0.6 is 0 Å². The second-order valence-corrected chi connectivity index (χ2v) is 8.07. The largest absolute Gasteiger partial charge is 0.472 e. The Balaban J connectivity index is 1.44. The number of anilines is 1. The molecule has 146 valence electrons. The minimum absolute atomic E-state index is 0.193. The van der Waals surface area contributed by atoms with Crippen LogP contribution < -0.4 is 10.1 Å². The van der Waals surface area contributed by atoms with Gasteiger partial charge in [0.15, 0.2) is 5.65 Å². The van der Waals surface area contributed by atoms with Gasteiger partial charge >= 0.3 is 0 Å². The van der Waals surface area contributed by atoms with Gasteiger partial charge in [-0.25, -0.2) is 9.50 Å². The third-order valence-electron chi connectivity index (χ3n) is 5.66. The molecule has 1 aromatic carbocycles. The van der Waals surface area contributed by atoms with E-state index in [0.29, 0.717) is 11.8 Å². The number of imidazole rings is 1. The van der Waals surface area contributed by atoms with Gasteiger partial charge in [-0.2, -0.15) is 0 Å². The number of aromatic nitrogens is 3. The number of likely N-dealkylation sites (tertiary alicyclic amines) is 1. The van der Waals surface area contributed by atoms with E-state index in [1.165, 1.54) is 30.5 Å². The van der Waals surface area contributed by atoms with Gasteiger partial charge in [-0.3, -0.25) is 0 Å². The Morgan fingerprint density at radius 3 is 2.82 bits per heavy atom. The van der Waals surface area contributed by atoms with Crippen LogP contribution in [0.15, 0.2) is 42.6 Å². The number of rotatable bonds is 6. The molecule has 5 rings (SSSR count). The van der Waals surface area contributed by atoms with Crippen LogP contribution in [0.2, 0.25) is 0 Å². The van der Waals surface area contributed by atoms with E-state index < -0.39 is 0 Å². The van der Waals surface area contributed by atoms with Crippen molar-refractivity contribution in [3.05, 3.63) is 53.9 Å². The molecule has 6 heteroatoms. The summed E-state index contributed by atoms with van der Waals surface area (Å²) in [6, 6.07) is 12.4. The van der Waals surface area contributed by atoms with E-state index >= 15 is 0 Å². The van der Waals surface area contributed by atoms with Gasteiger partial charge in [0.2, 0.25) is 5.88 Å². The highest BCUT2D eigenvalue weighted by Crippen LogP contribution is 2.40. The topological polar surface area (TPSA) is 54.7 Å². The number of hydrogen-bond acceptors (Lipinski definition) is 5. The van der Waals surface area contributed by atoms with E-state index in [0.717, 1.165) is 37.4 Å². The molecule has 1 atom stereocenters. The highest BCUT2D eigenvalue weighted by atomic mass is 16.5. The molecule has 1 aliphatic carbocycles. The van der Waals surface area contributed by atoms with Crippen LogP contribution in [0.1, 0.15) is 42.9 Å². The molecule has 2 aromatic heterocycles. The Bertz CT molecular complexity index is 950. The lowest BCUT2D eigenvalue weighted by Gasteiger charge is -2.29. The molecule has 0 bridgehead atoms. The molecule has 1 aliphatic heterocycles. The summed E-state index contributed by atoms with van der Waals surface area (Å²) in [4.78, 5) is 6.99. The fourth-order valence-corrected chi connectivity index (χ4v) is 3.99. The minimum atomic E-state index is 0.193. The fraction of sp³-hybridized carbons (Fsp3) is 0.455. The molecule has 1 N–H and O–H groups in total. The Morgan fingerprint density at radius 2 is 2.04 bits per heavy atom. The maximum absolute atomic E-state index is 6.31. The van der Waals surface area contributed by atoms with E-state index in [2.05, 4.69) is 46.5 Å². The lowest BCUT2D eigenvalue weighted by atomic mass is 10.1. The predicted molar refractivity (Wildman–Crippen MR) is 110 cm³/mol. The molecular weight excluding hydrogens is 350 g/mol. The number of nitrogens with one attached hydrogen (secondary N) is 1. The third-order valence-corrected chi connectivity index (χ3v) is 5.66.